The lowest BCUT2D eigenvalue weighted by atomic mass is 10.1. The monoisotopic (exact) mass is 305 g/mol. The zero-order valence-electron chi connectivity index (χ0n) is 13.1. The van der Waals surface area contributed by atoms with E-state index in [0.717, 1.165) is 25.8 Å². The molecule has 1 fully saturated rings. The van der Waals surface area contributed by atoms with Crippen LogP contribution in [-0.4, -0.2) is 37.1 Å². The molecule has 1 rings (SSSR count). The molecule has 0 spiro atoms. The number of rotatable bonds is 10. The third kappa shape index (κ3) is 10.5. The summed E-state index contributed by atoms with van der Waals surface area (Å²) in [5.41, 5.74) is 0. The van der Waals surface area contributed by atoms with E-state index in [2.05, 4.69) is 11.8 Å². The van der Waals surface area contributed by atoms with Crippen LogP contribution >= 0.6 is 12.4 Å². The van der Waals surface area contributed by atoms with E-state index in [1.807, 2.05) is 0 Å². The van der Waals surface area contributed by atoms with Crippen molar-refractivity contribution >= 4 is 18.4 Å². The SMILES string of the molecule is CCCCCCCC(=O)OCCCN1CCCCC1.Cl. The first-order chi connectivity index (χ1) is 9.33. The molecule has 20 heavy (non-hydrogen) atoms. The molecule has 1 saturated heterocycles. The molecule has 120 valence electrons. The van der Waals surface area contributed by atoms with Crippen molar-refractivity contribution in [3.63, 3.8) is 0 Å². The number of nitrogens with zero attached hydrogens (tertiary/aromatic N) is 1. The summed E-state index contributed by atoms with van der Waals surface area (Å²) in [4.78, 5) is 14.0. The smallest absolute Gasteiger partial charge is 0.305 e. The van der Waals surface area contributed by atoms with Gasteiger partial charge >= 0.3 is 5.97 Å². The lowest BCUT2D eigenvalue weighted by Crippen LogP contribution is -2.31. The first-order valence-corrected chi connectivity index (χ1v) is 8.21. The molecule has 3 nitrogen and oxygen atoms in total. The molecule has 0 bridgehead atoms. The molecule has 0 radical (unpaired) electrons. The van der Waals surface area contributed by atoms with Crippen LogP contribution in [0.15, 0.2) is 0 Å². The molecule has 0 atom stereocenters. The van der Waals surface area contributed by atoms with Gasteiger partial charge in [0.1, 0.15) is 0 Å². The Morgan fingerprint density at radius 3 is 2.40 bits per heavy atom. The number of piperidine rings is 1. The van der Waals surface area contributed by atoms with Crippen molar-refractivity contribution in [2.75, 3.05) is 26.2 Å². The Morgan fingerprint density at radius 2 is 1.70 bits per heavy atom. The van der Waals surface area contributed by atoms with Gasteiger partial charge in [-0.1, -0.05) is 39.0 Å². The van der Waals surface area contributed by atoms with Crippen LogP contribution in [0.1, 0.15) is 71.1 Å². The average Bonchev–Trinajstić information content (AvgIpc) is 2.44. The van der Waals surface area contributed by atoms with Crippen molar-refractivity contribution in [3.05, 3.63) is 0 Å². The highest BCUT2D eigenvalue weighted by molar-refractivity contribution is 5.85. The number of esters is 1. The van der Waals surface area contributed by atoms with E-state index in [1.165, 1.54) is 51.6 Å². The van der Waals surface area contributed by atoms with Crippen molar-refractivity contribution < 1.29 is 9.53 Å². The van der Waals surface area contributed by atoms with E-state index in [9.17, 15) is 4.79 Å². The van der Waals surface area contributed by atoms with Gasteiger partial charge in [0.05, 0.1) is 6.61 Å². The van der Waals surface area contributed by atoms with Crippen LogP contribution in [0.25, 0.3) is 0 Å². The number of unbranched alkanes of at least 4 members (excludes halogenated alkanes) is 4. The largest absolute Gasteiger partial charge is 0.466 e. The van der Waals surface area contributed by atoms with Gasteiger partial charge in [0.2, 0.25) is 0 Å². The van der Waals surface area contributed by atoms with Crippen LogP contribution < -0.4 is 0 Å². The number of carbonyl (C=O) groups excluding carboxylic acids is 1. The van der Waals surface area contributed by atoms with Crippen LogP contribution in [0.2, 0.25) is 0 Å². The van der Waals surface area contributed by atoms with Gasteiger partial charge in [-0.3, -0.25) is 4.79 Å². The van der Waals surface area contributed by atoms with Gasteiger partial charge in [-0.15, -0.1) is 12.4 Å². The van der Waals surface area contributed by atoms with Gasteiger partial charge < -0.3 is 9.64 Å². The van der Waals surface area contributed by atoms with Crippen LogP contribution in [0.3, 0.4) is 0 Å². The topological polar surface area (TPSA) is 29.5 Å². The lowest BCUT2D eigenvalue weighted by Gasteiger charge is -2.26. The van der Waals surface area contributed by atoms with E-state index in [4.69, 9.17) is 4.74 Å². The molecule has 0 saturated carbocycles. The fraction of sp³-hybridized carbons (Fsp3) is 0.938. The van der Waals surface area contributed by atoms with Crippen molar-refractivity contribution in [3.8, 4) is 0 Å². The van der Waals surface area contributed by atoms with Gasteiger partial charge in [0.15, 0.2) is 0 Å². The molecule has 0 aromatic heterocycles. The van der Waals surface area contributed by atoms with E-state index < -0.39 is 0 Å². The summed E-state index contributed by atoms with van der Waals surface area (Å²) >= 11 is 0. The summed E-state index contributed by atoms with van der Waals surface area (Å²) < 4.78 is 5.27. The minimum absolute atomic E-state index is 0. The second-order valence-corrected chi connectivity index (χ2v) is 5.64. The Bertz CT molecular complexity index is 231. The number of ether oxygens (including phenoxy) is 1. The van der Waals surface area contributed by atoms with Gasteiger partial charge in [-0.2, -0.15) is 0 Å². The number of hydrogen-bond acceptors (Lipinski definition) is 3. The van der Waals surface area contributed by atoms with E-state index in [1.54, 1.807) is 0 Å². The highest BCUT2D eigenvalue weighted by Gasteiger charge is 2.09. The van der Waals surface area contributed by atoms with Gasteiger partial charge in [0, 0.05) is 13.0 Å². The van der Waals surface area contributed by atoms with Crippen molar-refractivity contribution in [2.45, 2.75) is 71.1 Å². The number of hydrogen-bond donors (Lipinski definition) is 0. The molecule has 1 heterocycles. The Labute approximate surface area is 130 Å². The quantitative estimate of drug-likeness (QED) is 0.448. The average molecular weight is 306 g/mol. The van der Waals surface area contributed by atoms with Gasteiger partial charge in [-0.05, 0) is 38.8 Å². The zero-order valence-corrected chi connectivity index (χ0v) is 13.9. The molecule has 1 aliphatic heterocycles. The Hall–Kier alpha value is -0.280. The van der Waals surface area contributed by atoms with Crippen LogP contribution in [0, 0.1) is 0 Å². The summed E-state index contributed by atoms with van der Waals surface area (Å²) in [5, 5.41) is 0. The first kappa shape index (κ1) is 19.7. The Kier molecular flexibility index (Phi) is 13.5. The maximum Gasteiger partial charge on any atom is 0.305 e. The molecular weight excluding hydrogens is 274 g/mol. The number of carbonyl (C=O) groups is 1. The fourth-order valence-corrected chi connectivity index (χ4v) is 2.60. The second-order valence-electron chi connectivity index (χ2n) is 5.64. The first-order valence-electron chi connectivity index (χ1n) is 8.21. The molecular formula is C16H32ClNO2. The molecule has 0 N–H and O–H groups in total. The molecule has 0 unspecified atom stereocenters. The van der Waals surface area contributed by atoms with Crippen LogP contribution in [0.4, 0.5) is 0 Å². The minimum Gasteiger partial charge on any atom is -0.466 e. The van der Waals surface area contributed by atoms with Crippen molar-refractivity contribution in [2.24, 2.45) is 0 Å². The Morgan fingerprint density at radius 1 is 1.00 bits per heavy atom. The van der Waals surface area contributed by atoms with E-state index in [-0.39, 0.29) is 18.4 Å². The highest BCUT2D eigenvalue weighted by Crippen LogP contribution is 2.09. The maximum absolute atomic E-state index is 11.5. The molecule has 1 aliphatic rings. The van der Waals surface area contributed by atoms with E-state index in [0.29, 0.717) is 13.0 Å². The number of halogens is 1. The second kappa shape index (κ2) is 13.7. The molecule has 0 aliphatic carbocycles. The Balaban J connectivity index is 0.00000361. The molecule has 4 heteroatoms. The standard InChI is InChI=1S/C16H31NO2.ClH/c1-2-3-4-5-7-11-16(18)19-15-10-14-17-12-8-6-9-13-17;/h2-15H2,1H3;1H. The van der Waals surface area contributed by atoms with Gasteiger partial charge in [0.25, 0.3) is 0 Å². The van der Waals surface area contributed by atoms with Crippen molar-refractivity contribution in [1.82, 2.24) is 4.90 Å². The fourth-order valence-electron chi connectivity index (χ4n) is 2.60. The highest BCUT2D eigenvalue weighted by atomic mass is 35.5. The summed E-state index contributed by atoms with van der Waals surface area (Å²) in [7, 11) is 0. The third-order valence-electron chi connectivity index (χ3n) is 3.81. The summed E-state index contributed by atoms with van der Waals surface area (Å²) in [5.74, 6) is -0.00450. The summed E-state index contributed by atoms with van der Waals surface area (Å²) in [6.07, 6.45) is 11.6. The predicted molar refractivity (Wildman–Crippen MR) is 86.5 cm³/mol. The van der Waals surface area contributed by atoms with Gasteiger partial charge in [-0.25, -0.2) is 0 Å². The molecule has 0 aromatic rings. The predicted octanol–water partition coefficient (Wildman–Crippen LogP) is 4.19. The molecule has 0 aromatic carbocycles. The van der Waals surface area contributed by atoms with Crippen LogP contribution in [0.5, 0.6) is 0 Å². The number of likely N-dealkylation sites (tertiary alicyclic amines) is 1. The van der Waals surface area contributed by atoms with Crippen molar-refractivity contribution in [1.29, 1.82) is 0 Å². The van der Waals surface area contributed by atoms with E-state index >= 15 is 0 Å². The summed E-state index contributed by atoms with van der Waals surface area (Å²) in [6, 6.07) is 0. The van der Waals surface area contributed by atoms with Crippen LogP contribution in [-0.2, 0) is 9.53 Å². The minimum atomic E-state index is -0.00450. The maximum atomic E-state index is 11.5. The zero-order chi connectivity index (χ0) is 13.8. The third-order valence-corrected chi connectivity index (χ3v) is 3.81. The summed E-state index contributed by atoms with van der Waals surface area (Å²) in [6.45, 7) is 6.35. The normalized spacial score (nSPS) is 15.7. The molecule has 0 amide bonds. The lowest BCUT2D eigenvalue weighted by molar-refractivity contribution is -0.144.